The molecule has 0 fully saturated rings. The molecule has 0 aliphatic carbocycles. The average Bonchev–Trinajstić information content (AvgIpc) is 2.18. The van der Waals surface area contributed by atoms with Crippen LogP contribution in [0.5, 0.6) is 5.88 Å². The largest absolute Gasteiger partial charge is 0.478 e. The molecule has 0 bridgehead atoms. The third-order valence-electron chi connectivity index (χ3n) is 1.83. The van der Waals surface area contributed by atoms with Crippen LogP contribution in [0.4, 0.5) is 0 Å². The lowest BCUT2D eigenvalue weighted by molar-refractivity contribution is 0.328. The lowest BCUT2D eigenvalue weighted by atomic mass is 10.3. The van der Waals surface area contributed by atoms with E-state index in [0.29, 0.717) is 17.5 Å². The Bertz CT molecular complexity index is 459. The Labute approximate surface area is 86.7 Å². The van der Waals surface area contributed by atoms with Crippen molar-refractivity contribution in [3.63, 3.8) is 0 Å². The van der Waals surface area contributed by atoms with Crippen molar-refractivity contribution in [2.45, 2.75) is 6.92 Å². The fraction of sp³-hybridized carbons (Fsp3) is 0.200. The van der Waals surface area contributed by atoms with Crippen LogP contribution in [0.1, 0.15) is 6.92 Å². The Morgan fingerprint density at radius 3 is 3.14 bits per heavy atom. The summed E-state index contributed by atoms with van der Waals surface area (Å²) < 4.78 is 5.27. The van der Waals surface area contributed by atoms with Crippen LogP contribution >= 0.6 is 11.6 Å². The van der Waals surface area contributed by atoms with E-state index >= 15 is 0 Å². The molecule has 0 unspecified atom stereocenters. The van der Waals surface area contributed by atoms with Gasteiger partial charge in [-0.1, -0.05) is 11.6 Å². The molecule has 0 N–H and O–H groups in total. The summed E-state index contributed by atoms with van der Waals surface area (Å²) in [5, 5.41) is 1.53. The summed E-state index contributed by atoms with van der Waals surface area (Å²) in [4.78, 5) is 8.24. The summed E-state index contributed by atoms with van der Waals surface area (Å²) >= 11 is 6.05. The quantitative estimate of drug-likeness (QED) is 0.761. The van der Waals surface area contributed by atoms with E-state index in [-0.39, 0.29) is 0 Å². The molecule has 0 amide bonds. The van der Waals surface area contributed by atoms with Gasteiger partial charge in [-0.3, -0.25) is 4.98 Å². The van der Waals surface area contributed by atoms with Crippen molar-refractivity contribution in [2.75, 3.05) is 6.61 Å². The van der Waals surface area contributed by atoms with Gasteiger partial charge >= 0.3 is 0 Å². The first-order valence-electron chi connectivity index (χ1n) is 4.34. The van der Waals surface area contributed by atoms with E-state index < -0.39 is 0 Å². The molecule has 0 spiro atoms. The average molecular weight is 209 g/mol. The van der Waals surface area contributed by atoms with Crippen molar-refractivity contribution >= 4 is 22.5 Å². The second-order valence-corrected chi connectivity index (χ2v) is 3.18. The van der Waals surface area contributed by atoms with Gasteiger partial charge in [0.1, 0.15) is 0 Å². The molecule has 2 aromatic heterocycles. The molecule has 0 aliphatic rings. The minimum Gasteiger partial charge on any atom is -0.478 e. The maximum absolute atomic E-state index is 6.05. The van der Waals surface area contributed by atoms with Crippen LogP contribution in [-0.2, 0) is 0 Å². The van der Waals surface area contributed by atoms with Gasteiger partial charge in [-0.2, -0.15) is 0 Å². The lowest BCUT2D eigenvalue weighted by Crippen LogP contribution is -1.94. The van der Waals surface area contributed by atoms with E-state index in [9.17, 15) is 0 Å². The molecule has 0 saturated heterocycles. The first kappa shape index (κ1) is 9.21. The van der Waals surface area contributed by atoms with E-state index in [1.807, 2.05) is 13.0 Å². The molecule has 14 heavy (non-hydrogen) atoms. The van der Waals surface area contributed by atoms with E-state index in [0.717, 1.165) is 10.9 Å². The van der Waals surface area contributed by atoms with Crippen LogP contribution in [0.25, 0.3) is 10.9 Å². The van der Waals surface area contributed by atoms with Crippen LogP contribution < -0.4 is 4.74 Å². The third-order valence-corrected chi connectivity index (χ3v) is 2.14. The summed E-state index contributed by atoms with van der Waals surface area (Å²) in [5.74, 6) is 0.540. The third kappa shape index (κ3) is 1.63. The van der Waals surface area contributed by atoms with Gasteiger partial charge in [0.05, 0.1) is 23.3 Å². The van der Waals surface area contributed by atoms with Gasteiger partial charge in [0.15, 0.2) is 0 Å². The monoisotopic (exact) mass is 208 g/mol. The van der Waals surface area contributed by atoms with E-state index in [1.54, 1.807) is 18.5 Å². The van der Waals surface area contributed by atoms with E-state index in [2.05, 4.69) is 9.97 Å². The summed E-state index contributed by atoms with van der Waals surface area (Å²) in [5.41, 5.74) is 0.753. The maximum atomic E-state index is 6.05. The molecule has 4 heteroatoms. The van der Waals surface area contributed by atoms with Crippen LogP contribution in [0.15, 0.2) is 24.5 Å². The number of pyridine rings is 2. The van der Waals surface area contributed by atoms with Crippen molar-refractivity contribution < 1.29 is 4.74 Å². The molecule has 2 rings (SSSR count). The zero-order valence-corrected chi connectivity index (χ0v) is 8.45. The first-order chi connectivity index (χ1) is 6.81. The van der Waals surface area contributed by atoms with Gasteiger partial charge in [0.25, 0.3) is 0 Å². The van der Waals surface area contributed by atoms with Gasteiger partial charge in [-0.05, 0) is 13.0 Å². The molecule has 0 saturated carbocycles. The van der Waals surface area contributed by atoms with Crippen molar-refractivity contribution in [3.05, 3.63) is 29.5 Å². The standard InChI is InChI=1S/C10H9ClN2O/c1-2-14-10-5-8(11)7-3-4-12-6-9(7)13-10/h3-6H,2H2,1H3. The predicted octanol–water partition coefficient (Wildman–Crippen LogP) is 2.68. The highest BCUT2D eigenvalue weighted by atomic mass is 35.5. The number of fused-ring (bicyclic) bond motifs is 1. The highest BCUT2D eigenvalue weighted by Crippen LogP contribution is 2.25. The van der Waals surface area contributed by atoms with Gasteiger partial charge in [0, 0.05) is 17.6 Å². The van der Waals surface area contributed by atoms with Crippen molar-refractivity contribution in [1.29, 1.82) is 0 Å². The summed E-state index contributed by atoms with van der Waals surface area (Å²) in [6, 6.07) is 3.55. The van der Waals surface area contributed by atoms with Crippen LogP contribution in [0.3, 0.4) is 0 Å². The molecule has 3 nitrogen and oxygen atoms in total. The SMILES string of the molecule is CCOc1cc(Cl)c2ccncc2n1. The van der Waals surface area contributed by atoms with Gasteiger partial charge < -0.3 is 4.74 Å². The van der Waals surface area contributed by atoms with Gasteiger partial charge in [0.2, 0.25) is 5.88 Å². The second-order valence-electron chi connectivity index (χ2n) is 2.77. The van der Waals surface area contributed by atoms with Crippen molar-refractivity contribution in [1.82, 2.24) is 9.97 Å². The Morgan fingerprint density at radius 2 is 2.36 bits per heavy atom. The highest BCUT2D eigenvalue weighted by molar-refractivity contribution is 6.35. The number of nitrogens with zero attached hydrogens (tertiary/aromatic N) is 2. The molecule has 2 aromatic rings. The van der Waals surface area contributed by atoms with Gasteiger partial charge in [-0.25, -0.2) is 4.98 Å². The molecule has 2 heterocycles. The van der Waals surface area contributed by atoms with Crippen molar-refractivity contribution in [3.8, 4) is 5.88 Å². The minimum atomic E-state index is 0.540. The Kier molecular flexibility index (Phi) is 2.50. The van der Waals surface area contributed by atoms with Gasteiger partial charge in [-0.15, -0.1) is 0 Å². The van der Waals surface area contributed by atoms with Crippen molar-refractivity contribution in [2.24, 2.45) is 0 Å². The number of hydrogen-bond acceptors (Lipinski definition) is 3. The fourth-order valence-corrected chi connectivity index (χ4v) is 1.49. The molecular formula is C10H9ClN2O. The minimum absolute atomic E-state index is 0.540. The number of ether oxygens (including phenoxy) is 1. The van der Waals surface area contributed by atoms with Crippen LogP contribution in [0.2, 0.25) is 5.02 Å². The summed E-state index contributed by atoms with van der Waals surface area (Å²) in [7, 11) is 0. The molecule has 0 atom stereocenters. The summed E-state index contributed by atoms with van der Waals surface area (Å²) in [6.45, 7) is 2.48. The molecule has 0 radical (unpaired) electrons. The zero-order valence-electron chi connectivity index (χ0n) is 7.70. The number of aromatic nitrogens is 2. The Morgan fingerprint density at radius 1 is 1.50 bits per heavy atom. The lowest BCUT2D eigenvalue weighted by Gasteiger charge is -2.04. The smallest absolute Gasteiger partial charge is 0.215 e. The fourth-order valence-electron chi connectivity index (χ4n) is 1.24. The van der Waals surface area contributed by atoms with E-state index in [1.165, 1.54) is 0 Å². The number of hydrogen-bond donors (Lipinski definition) is 0. The topological polar surface area (TPSA) is 35.0 Å². The predicted molar refractivity (Wildman–Crippen MR) is 55.7 cm³/mol. The van der Waals surface area contributed by atoms with Crippen LogP contribution in [0, 0.1) is 0 Å². The zero-order chi connectivity index (χ0) is 9.97. The van der Waals surface area contributed by atoms with E-state index in [4.69, 9.17) is 16.3 Å². The molecular weight excluding hydrogens is 200 g/mol. The number of rotatable bonds is 2. The normalized spacial score (nSPS) is 10.4. The highest BCUT2D eigenvalue weighted by Gasteiger charge is 2.03. The molecule has 0 aromatic carbocycles. The van der Waals surface area contributed by atoms with Crippen LogP contribution in [-0.4, -0.2) is 16.6 Å². The summed E-state index contributed by atoms with van der Waals surface area (Å²) in [6.07, 6.45) is 3.36. The first-order valence-corrected chi connectivity index (χ1v) is 4.72. The Hall–Kier alpha value is -1.35. The molecule has 0 aliphatic heterocycles. The maximum Gasteiger partial charge on any atom is 0.215 e. The number of halogens is 1. The Balaban J connectivity index is 2.60. The molecule has 72 valence electrons. The second kappa shape index (κ2) is 3.80.